The first-order valence-electron chi connectivity index (χ1n) is 3.74. The lowest BCUT2D eigenvalue weighted by molar-refractivity contribution is -0.128. The van der Waals surface area contributed by atoms with Crippen molar-refractivity contribution in [3.63, 3.8) is 0 Å². The van der Waals surface area contributed by atoms with Crippen molar-refractivity contribution >= 4 is 34.7 Å². The number of aldehydes is 1. The van der Waals surface area contributed by atoms with Gasteiger partial charge in [-0.05, 0) is 6.42 Å². The van der Waals surface area contributed by atoms with Gasteiger partial charge in [0.05, 0.1) is 5.71 Å². The molecular formula is C7H9N3O2S. The normalized spacial score (nSPS) is 21.8. The third-order valence-corrected chi connectivity index (χ3v) is 2.62. The summed E-state index contributed by atoms with van der Waals surface area (Å²) in [6.45, 7) is 1.85. The van der Waals surface area contributed by atoms with Gasteiger partial charge in [0.25, 0.3) is 0 Å². The van der Waals surface area contributed by atoms with Crippen LogP contribution in [0.25, 0.3) is 0 Å². The Hall–Kier alpha value is -1.17. The fourth-order valence-electron chi connectivity index (χ4n) is 0.918. The maximum absolute atomic E-state index is 11.1. The van der Waals surface area contributed by atoms with Crippen LogP contribution in [-0.4, -0.2) is 28.2 Å². The molecule has 70 valence electrons. The van der Waals surface area contributed by atoms with E-state index in [9.17, 15) is 9.59 Å². The van der Waals surface area contributed by atoms with Gasteiger partial charge in [0, 0.05) is 0 Å². The Balaban J connectivity index is 2.87. The third kappa shape index (κ3) is 2.15. The SMILES string of the molecule is CCC1=NN=C(N)SC1C(=O)C=O. The van der Waals surface area contributed by atoms with Crippen LogP contribution in [0.3, 0.4) is 0 Å². The summed E-state index contributed by atoms with van der Waals surface area (Å²) >= 11 is 1.07. The minimum absolute atomic E-state index is 0.220. The molecule has 0 saturated carbocycles. The van der Waals surface area contributed by atoms with Gasteiger partial charge in [-0.25, -0.2) is 0 Å². The van der Waals surface area contributed by atoms with E-state index in [1.165, 1.54) is 0 Å². The van der Waals surface area contributed by atoms with Gasteiger partial charge in [-0.2, -0.15) is 5.10 Å². The molecule has 0 saturated heterocycles. The molecule has 6 heteroatoms. The Morgan fingerprint density at radius 2 is 2.38 bits per heavy atom. The number of carbonyl (C=O) groups excluding carboxylic acids is 2. The minimum Gasteiger partial charge on any atom is -0.377 e. The summed E-state index contributed by atoms with van der Waals surface area (Å²) in [4.78, 5) is 21.4. The Morgan fingerprint density at radius 3 is 2.92 bits per heavy atom. The van der Waals surface area contributed by atoms with Crippen molar-refractivity contribution in [3.05, 3.63) is 0 Å². The number of nitrogens with two attached hydrogens (primary N) is 1. The van der Waals surface area contributed by atoms with Crippen molar-refractivity contribution < 1.29 is 9.59 Å². The number of hydrogen-bond acceptors (Lipinski definition) is 6. The van der Waals surface area contributed by atoms with Crippen LogP contribution in [0.2, 0.25) is 0 Å². The van der Waals surface area contributed by atoms with Gasteiger partial charge in [0.15, 0.2) is 11.5 Å². The summed E-state index contributed by atoms with van der Waals surface area (Å²) in [5, 5.41) is 7.04. The van der Waals surface area contributed by atoms with Gasteiger partial charge < -0.3 is 5.73 Å². The Labute approximate surface area is 79.5 Å². The predicted octanol–water partition coefficient (Wildman–Crippen LogP) is -0.0495. The van der Waals surface area contributed by atoms with Crippen molar-refractivity contribution in [1.82, 2.24) is 0 Å². The summed E-state index contributed by atoms with van der Waals surface area (Å²) in [5.74, 6) is -0.511. The molecule has 1 aliphatic heterocycles. The van der Waals surface area contributed by atoms with E-state index in [1.807, 2.05) is 6.92 Å². The fraction of sp³-hybridized carbons (Fsp3) is 0.429. The van der Waals surface area contributed by atoms with Crippen molar-refractivity contribution in [1.29, 1.82) is 0 Å². The number of hydrogen-bond donors (Lipinski definition) is 1. The van der Waals surface area contributed by atoms with Gasteiger partial charge >= 0.3 is 0 Å². The van der Waals surface area contributed by atoms with Gasteiger partial charge in [-0.1, -0.05) is 18.7 Å². The van der Waals surface area contributed by atoms with Crippen molar-refractivity contribution in [3.8, 4) is 0 Å². The highest BCUT2D eigenvalue weighted by Gasteiger charge is 2.27. The molecule has 5 nitrogen and oxygen atoms in total. The van der Waals surface area contributed by atoms with Crippen molar-refractivity contribution in [2.45, 2.75) is 18.6 Å². The molecule has 0 aromatic carbocycles. The van der Waals surface area contributed by atoms with Crippen LogP contribution in [0.5, 0.6) is 0 Å². The molecule has 2 N–H and O–H groups in total. The van der Waals surface area contributed by atoms with E-state index in [2.05, 4.69) is 10.2 Å². The van der Waals surface area contributed by atoms with Crippen molar-refractivity contribution in [2.24, 2.45) is 15.9 Å². The number of rotatable bonds is 3. The lowest BCUT2D eigenvalue weighted by atomic mass is 10.1. The largest absolute Gasteiger partial charge is 0.377 e. The van der Waals surface area contributed by atoms with Crippen LogP contribution in [0.4, 0.5) is 0 Å². The zero-order valence-electron chi connectivity index (χ0n) is 7.06. The topological polar surface area (TPSA) is 84.9 Å². The smallest absolute Gasteiger partial charge is 0.214 e. The molecule has 1 rings (SSSR count). The van der Waals surface area contributed by atoms with E-state index >= 15 is 0 Å². The zero-order valence-corrected chi connectivity index (χ0v) is 7.87. The number of thioether (sulfide) groups is 1. The number of nitrogens with zero attached hydrogens (tertiary/aromatic N) is 2. The van der Waals surface area contributed by atoms with E-state index in [0.717, 1.165) is 11.8 Å². The second-order valence-corrected chi connectivity index (χ2v) is 3.53. The van der Waals surface area contributed by atoms with Gasteiger partial charge in [0.1, 0.15) is 5.25 Å². The van der Waals surface area contributed by atoms with Crippen LogP contribution >= 0.6 is 11.8 Å². The second kappa shape index (κ2) is 4.18. The average Bonchev–Trinajstić information content (AvgIpc) is 2.16. The lowest BCUT2D eigenvalue weighted by Crippen LogP contribution is -2.32. The van der Waals surface area contributed by atoms with Crippen molar-refractivity contribution in [2.75, 3.05) is 0 Å². The van der Waals surface area contributed by atoms with E-state index in [4.69, 9.17) is 5.73 Å². The maximum atomic E-state index is 11.1. The highest BCUT2D eigenvalue weighted by molar-refractivity contribution is 8.15. The first-order chi connectivity index (χ1) is 6.19. The molecule has 1 heterocycles. The number of Topliss-reactive ketones (excluding diaryl/α,β-unsaturated/α-hetero) is 1. The number of ketones is 1. The molecule has 0 aromatic heterocycles. The third-order valence-electron chi connectivity index (χ3n) is 1.56. The Morgan fingerprint density at radius 1 is 1.69 bits per heavy atom. The highest BCUT2D eigenvalue weighted by atomic mass is 32.2. The van der Waals surface area contributed by atoms with Gasteiger partial charge in [-0.3, -0.25) is 9.59 Å². The molecule has 1 atom stereocenters. The molecule has 1 unspecified atom stereocenters. The van der Waals surface area contributed by atoms with Gasteiger partial charge in [0.2, 0.25) is 5.78 Å². The van der Waals surface area contributed by atoms with Crippen LogP contribution in [-0.2, 0) is 9.59 Å². The quantitative estimate of drug-likeness (QED) is 0.510. The molecule has 0 bridgehead atoms. The molecule has 0 radical (unpaired) electrons. The summed E-state index contributed by atoms with van der Waals surface area (Å²) in [6.07, 6.45) is 0.884. The first kappa shape index (κ1) is 9.91. The minimum atomic E-state index is -0.569. The molecule has 0 aliphatic carbocycles. The number of carbonyl (C=O) groups is 2. The monoisotopic (exact) mass is 199 g/mol. The first-order valence-corrected chi connectivity index (χ1v) is 4.62. The molecule has 1 aliphatic rings. The Kier molecular flexibility index (Phi) is 3.18. The molecule has 0 amide bonds. The van der Waals surface area contributed by atoms with Gasteiger partial charge in [-0.15, -0.1) is 5.10 Å². The van der Waals surface area contributed by atoms with Crippen LogP contribution in [0.1, 0.15) is 13.3 Å². The molecule has 0 spiro atoms. The molecular weight excluding hydrogens is 190 g/mol. The van der Waals surface area contributed by atoms with E-state index < -0.39 is 11.0 Å². The van der Waals surface area contributed by atoms with Crippen LogP contribution in [0.15, 0.2) is 10.2 Å². The summed E-state index contributed by atoms with van der Waals surface area (Å²) in [7, 11) is 0. The average molecular weight is 199 g/mol. The Bertz CT molecular complexity index is 298. The lowest BCUT2D eigenvalue weighted by Gasteiger charge is -2.15. The zero-order chi connectivity index (χ0) is 9.84. The molecule has 0 fully saturated rings. The standard InChI is InChI=1S/C7H9N3O2S/c1-2-4-6(5(12)3-11)13-7(8)10-9-4/h3,6H,2H2,1H3,(H2,8,10). The second-order valence-electron chi connectivity index (χ2n) is 2.40. The van der Waals surface area contributed by atoms with Crippen LogP contribution < -0.4 is 5.73 Å². The predicted molar refractivity (Wildman–Crippen MR) is 51.8 cm³/mol. The summed E-state index contributed by atoms with van der Waals surface area (Å²) in [5.41, 5.74) is 5.97. The maximum Gasteiger partial charge on any atom is 0.214 e. The molecule has 0 aromatic rings. The highest BCUT2D eigenvalue weighted by Crippen LogP contribution is 2.19. The number of amidine groups is 1. The summed E-state index contributed by atoms with van der Waals surface area (Å²) < 4.78 is 0. The summed E-state index contributed by atoms with van der Waals surface area (Å²) in [6, 6.07) is 0. The van der Waals surface area contributed by atoms with Crippen LogP contribution in [0, 0.1) is 0 Å². The van der Waals surface area contributed by atoms with E-state index in [0.29, 0.717) is 18.4 Å². The fourth-order valence-corrected chi connectivity index (χ4v) is 1.77. The molecule has 13 heavy (non-hydrogen) atoms. The van der Waals surface area contributed by atoms with E-state index in [1.54, 1.807) is 0 Å². The van der Waals surface area contributed by atoms with E-state index in [-0.39, 0.29) is 5.17 Å².